The number of anilines is 1. The van der Waals surface area contributed by atoms with E-state index in [9.17, 15) is 14.0 Å². The standard InChI is InChI=1S/C19H16F2N2/c20-17-6-2-1-5-16(17)15(13-22)11-14-7-8-19(18(21)12-14)23-9-3-4-10-23/h1-2,5-8,11-12H,3-4,9-10H2/b15-11-. The summed E-state index contributed by atoms with van der Waals surface area (Å²) in [4.78, 5) is 2.02. The molecule has 0 radical (unpaired) electrons. The maximum absolute atomic E-state index is 14.3. The number of halogens is 2. The van der Waals surface area contributed by atoms with Gasteiger partial charge < -0.3 is 4.90 Å². The van der Waals surface area contributed by atoms with Crippen molar-refractivity contribution in [1.29, 1.82) is 5.26 Å². The van der Waals surface area contributed by atoms with Crippen LogP contribution >= 0.6 is 0 Å². The minimum Gasteiger partial charge on any atom is -0.369 e. The fraction of sp³-hybridized carbons (Fsp3) is 0.211. The lowest BCUT2D eigenvalue weighted by Gasteiger charge is -2.18. The molecule has 0 bridgehead atoms. The average molecular weight is 310 g/mol. The Kier molecular flexibility index (Phi) is 4.38. The first-order chi connectivity index (χ1) is 11.2. The van der Waals surface area contributed by atoms with Crippen LogP contribution in [0.25, 0.3) is 11.6 Å². The minimum absolute atomic E-state index is 0.177. The first-order valence-electron chi connectivity index (χ1n) is 7.60. The number of nitrogens with zero attached hydrogens (tertiary/aromatic N) is 2. The van der Waals surface area contributed by atoms with Gasteiger partial charge in [0, 0.05) is 18.7 Å². The van der Waals surface area contributed by atoms with E-state index >= 15 is 0 Å². The van der Waals surface area contributed by atoms with E-state index in [0.717, 1.165) is 25.9 Å². The molecule has 0 aromatic heterocycles. The number of nitriles is 1. The SMILES string of the molecule is N#C/C(=C/c1ccc(N2CCCC2)c(F)c1)c1ccccc1F. The Hall–Kier alpha value is -2.67. The number of rotatable bonds is 3. The van der Waals surface area contributed by atoms with Gasteiger partial charge in [-0.1, -0.05) is 24.3 Å². The number of benzene rings is 2. The zero-order chi connectivity index (χ0) is 16.2. The van der Waals surface area contributed by atoms with Crippen molar-refractivity contribution in [3.63, 3.8) is 0 Å². The van der Waals surface area contributed by atoms with E-state index in [2.05, 4.69) is 0 Å². The maximum atomic E-state index is 14.3. The van der Waals surface area contributed by atoms with Crippen molar-refractivity contribution in [2.24, 2.45) is 0 Å². The lowest BCUT2D eigenvalue weighted by molar-refractivity contribution is 0.623. The predicted octanol–water partition coefficient (Wildman–Crippen LogP) is 4.63. The quantitative estimate of drug-likeness (QED) is 0.610. The number of allylic oxidation sites excluding steroid dienone is 1. The van der Waals surface area contributed by atoms with Gasteiger partial charge in [-0.05, 0) is 42.7 Å². The average Bonchev–Trinajstić information content (AvgIpc) is 3.08. The van der Waals surface area contributed by atoms with Crippen LogP contribution in [-0.4, -0.2) is 13.1 Å². The third-order valence-electron chi connectivity index (χ3n) is 4.01. The molecule has 0 saturated carbocycles. The Bertz CT molecular complexity index is 784. The lowest BCUT2D eigenvalue weighted by atomic mass is 10.0. The van der Waals surface area contributed by atoms with Gasteiger partial charge in [0.15, 0.2) is 0 Å². The lowest BCUT2D eigenvalue weighted by Crippen LogP contribution is -2.18. The van der Waals surface area contributed by atoms with Gasteiger partial charge >= 0.3 is 0 Å². The molecule has 23 heavy (non-hydrogen) atoms. The van der Waals surface area contributed by atoms with Crippen LogP contribution in [0.3, 0.4) is 0 Å². The molecule has 0 amide bonds. The number of hydrogen-bond acceptors (Lipinski definition) is 2. The van der Waals surface area contributed by atoms with Crippen molar-refractivity contribution in [3.8, 4) is 6.07 Å². The van der Waals surface area contributed by atoms with Crippen LogP contribution in [0.15, 0.2) is 42.5 Å². The second-order valence-electron chi connectivity index (χ2n) is 5.55. The van der Waals surface area contributed by atoms with Gasteiger partial charge in [0.25, 0.3) is 0 Å². The zero-order valence-electron chi connectivity index (χ0n) is 12.6. The Morgan fingerprint density at radius 2 is 1.78 bits per heavy atom. The molecule has 0 aliphatic carbocycles. The molecule has 0 unspecified atom stereocenters. The molecule has 116 valence electrons. The monoisotopic (exact) mass is 310 g/mol. The molecule has 1 fully saturated rings. The molecule has 1 aliphatic heterocycles. The first-order valence-corrected chi connectivity index (χ1v) is 7.60. The second kappa shape index (κ2) is 6.62. The fourth-order valence-corrected chi connectivity index (χ4v) is 2.84. The van der Waals surface area contributed by atoms with Gasteiger partial charge in [0.05, 0.1) is 17.3 Å². The van der Waals surface area contributed by atoms with E-state index in [4.69, 9.17) is 0 Å². The van der Waals surface area contributed by atoms with Gasteiger partial charge in [0.2, 0.25) is 0 Å². The highest BCUT2D eigenvalue weighted by molar-refractivity contribution is 5.89. The van der Waals surface area contributed by atoms with Gasteiger partial charge in [-0.2, -0.15) is 5.26 Å². The fourth-order valence-electron chi connectivity index (χ4n) is 2.84. The minimum atomic E-state index is -0.463. The normalized spacial score (nSPS) is 14.8. The molecule has 1 saturated heterocycles. The highest BCUT2D eigenvalue weighted by Crippen LogP contribution is 2.26. The summed E-state index contributed by atoms with van der Waals surface area (Å²) in [6, 6.07) is 12.9. The zero-order valence-corrected chi connectivity index (χ0v) is 12.6. The third kappa shape index (κ3) is 3.24. The topological polar surface area (TPSA) is 27.0 Å². The molecule has 0 atom stereocenters. The van der Waals surface area contributed by atoms with Crippen LogP contribution in [0.4, 0.5) is 14.5 Å². The van der Waals surface area contributed by atoms with Crippen LogP contribution in [-0.2, 0) is 0 Å². The summed E-state index contributed by atoms with van der Waals surface area (Å²) in [5.41, 5.74) is 1.53. The summed E-state index contributed by atoms with van der Waals surface area (Å²) in [5.74, 6) is -0.777. The van der Waals surface area contributed by atoms with E-state index in [-0.39, 0.29) is 17.0 Å². The molecular weight excluding hydrogens is 294 g/mol. The molecule has 3 rings (SSSR count). The smallest absolute Gasteiger partial charge is 0.147 e. The van der Waals surface area contributed by atoms with E-state index in [1.807, 2.05) is 11.0 Å². The summed E-state index contributed by atoms with van der Waals surface area (Å²) in [5, 5.41) is 9.27. The molecule has 1 aliphatic rings. The van der Waals surface area contributed by atoms with E-state index in [1.165, 1.54) is 18.2 Å². The van der Waals surface area contributed by atoms with Crippen molar-refractivity contribution >= 4 is 17.3 Å². The number of hydrogen-bond donors (Lipinski definition) is 0. The van der Waals surface area contributed by atoms with Gasteiger partial charge in [-0.3, -0.25) is 0 Å². The van der Waals surface area contributed by atoms with E-state index < -0.39 is 5.82 Å². The molecule has 0 N–H and O–H groups in total. The summed E-state index contributed by atoms with van der Waals surface area (Å²) < 4.78 is 28.1. The van der Waals surface area contributed by atoms with Crippen LogP contribution in [0, 0.1) is 23.0 Å². The first kappa shape index (κ1) is 15.2. The molecule has 2 aromatic carbocycles. The third-order valence-corrected chi connectivity index (χ3v) is 4.01. The Balaban J connectivity index is 1.93. The Labute approximate surface area is 134 Å². The van der Waals surface area contributed by atoms with Crippen molar-refractivity contribution < 1.29 is 8.78 Å². The highest BCUT2D eigenvalue weighted by Gasteiger charge is 2.16. The second-order valence-corrected chi connectivity index (χ2v) is 5.55. The highest BCUT2D eigenvalue weighted by atomic mass is 19.1. The molecule has 2 aromatic rings. The predicted molar refractivity (Wildman–Crippen MR) is 87.7 cm³/mol. The Morgan fingerprint density at radius 1 is 1.04 bits per heavy atom. The van der Waals surface area contributed by atoms with Crippen LogP contribution in [0.5, 0.6) is 0 Å². The van der Waals surface area contributed by atoms with Crippen molar-refractivity contribution in [1.82, 2.24) is 0 Å². The summed E-state index contributed by atoms with van der Waals surface area (Å²) in [7, 11) is 0. The molecule has 0 spiro atoms. The van der Waals surface area contributed by atoms with Gasteiger partial charge in [0.1, 0.15) is 11.6 Å². The Morgan fingerprint density at radius 3 is 2.43 bits per heavy atom. The van der Waals surface area contributed by atoms with E-state index in [1.54, 1.807) is 30.3 Å². The molecular formula is C19H16F2N2. The van der Waals surface area contributed by atoms with Crippen molar-refractivity contribution in [2.45, 2.75) is 12.8 Å². The van der Waals surface area contributed by atoms with Gasteiger partial charge in [-0.25, -0.2) is 8.78 Å². The van der Waals surface area contributed by atoms with Crippen molar-refractivity contribution in [2.75, 3.05) is 18.0 Å². The summed E-state index contributed by atoms with van der Waals surface area (Å²) in [6.07, 6.45) is 3.66. The van der Waals surface area contributed by atoms with E-state index in [0.29, 0.717) is 11.3 Å². The van der Waals surface area contributed by atoms with Crippen LogP contribution < -0.4 is 4.90 Å². The van der Waals surface area contributed by atoms with Crippen LogP contribution in [0.2, 0.25) is 0 Å². The summed E-state index contributed by atoms with van der Waals surface area (Å²) >= 11 is 0. The van der Waals surface area contributed by atoms with Crippen LogP contribution in [0.1, 0.15) is 24.0 Å². The molecule has 4 heteroatoms. The molecule has 1 heterocycles. The molecule has 2 nitrogen and oxygen atoms in total. The summed E-state index contributed by atoms with van der Waals surface area (Å²) in [6.45, 7) is 1.73. The van der Waals surface area contributed by atoms with Gasteiger partial charge in [-0.15, -0.1) is 0 Å². The largest absolute Gasteiger partial charge is 0.369 e. The maximum Gasteiger partial charge on any atom is 0.147 e. The van der Waals surface area contributed by atoms with Crippen molar-refractivity contribution in [3.05, 3.63) is 65.2 Å².